The lowest BCUT2D eigenvalue weighted by molar-refractivity contribution is 0.102. The van der Waals surface area contributed by atoms with Crippen molar-refractivity contribution in [3.05, 3.63) is 58.6 Å². The maximum atomic E-state index is 14.5. The van der Waals surface area contributed by atoms with Crippen molar-refractivity contribution in [3.8, 4) is 17.0 Å². The lowest BCUT2D eigenvalue weighted by Crippen LogP contribution is -2.35. The van der Waals surface area contributed by atoms with Crippen molar-refractivity contribution < 1.29 is 26.9 Å². The van der Waals surface area contributed by atoms with Crippen LogP contribution in [0.4, 0.5) is 10.1 Å². The van der Waals surface area contributed by atoms with E-state index >= 15 is 0 Å². The van der Waals surface area contributed by atoms with Crippen LogP contribution in [0.5, 0.6) is 5.75 Å². The number of methoxy groups -OCH3 is 1. The molecular weight excluding hydrogens is 485 g/mol. The normalized spacial score (nSPS) is 14.7. The molecule has 1 aliphatic rings. The van der Waals surface area contributed by atoms with E-state index in [-0.39, 0.29) is 43.9 Å². The van der Waals surface area contributed by atoms with Crippen LogP contribution in [0, 0.1) is 12.7 Å². The van der Waals surface area contributed by atoms with Gasteiger partial charge in [-0.3, -0.25) is 4.79 Å². The fourth-order valence-electron chi connectivity index (χ4n) is 3.93. The van der Waals surface area contributed by atoms with E-state index in [4.69, 9.17) is 20.9 Å². The Kier molecular flexibility index (Phi) is 6.92. The zero-order chi connectivity index (χ0) is 24.5. The molecule has 0 radical (unpaired) electrons. The summed E-state index contributed by atoms with van der Waals surface area (Å²) in [5, 5.41) is 6.56. The van der Waals surface area contributed by atoms with Crippen molar-refractivity contribution in [1.29, 1.82) is 0 Å². The summed E-state index contributed by atoms with van der Waals surface area (Å²) >= 11 is 6.15. The number of nitrogens with one attached hydrogen (secondary N) is 1. The number of halogens is 2. The molecule has 11 heteroatoms. The van der Waals surface area contributed by atoms with E-state index in [0.717, 1.165) is 19.3 Å². The van der Waals surface area contributed by atoms with Crippen molar-refractivity contribution in [1.82, 2.24) is 9.46 Å². The molecule has 1 aromatic heterocycles. The van der Waals surface area contributed by atoms with Gasteiger partial charge in [0.2, 0.25) is 10.0 Å². The van der Waals surface area contributed by atoms with E-state index in [0.29, 0.717) is 13.1 Å². The van der Waals surface area contributed by atoms with Gasteiger partial charge in [-0.1, -0.05) is 29.2 Å². The standard InChI is InChI=1S/C23H23ClFN3O5S/c1-14-20(22(27-33-14)21-16(24)7-6-8-17(21)25)23(29)26-15-9-10-18(32-2)19(13-15)34(30,31)28-11-4-3-5-12-28/h6-10,13H,3-5,11-12H2,1-2H3,(H,26,29). The minimum atomic E-state index is -3.83. The minimum Gasteiger partial charge on any atom is -0.495 e. The Bertz CT molecular complexity index is 1320. The Morgan fingerprint density at radius 3 is 2.62 bits per heavy atom. The summed E-state index contributed by atoms with van der Waals surface area (Å²) < 4.78 is 52.8. The third-order valence-corrected chi connectivity index (χ3v) is 7.88. The van der Waals surface area contributed by atoms with Crippen molar-refractivity contribution >= 4 is 33.2 Å². The van der Waals surface area contributed by atoms with Crippen LogP contribution in [0.25, 0.3) is 11.3 Å². The lowest BCUT2D eigenvalue weighted by Gasteiger charge is -2.26. The van der Waals surface area contributed by atoms with Gasteiger partial charge in [-0.2, -0.15) is 4.31 Å². The van der Waals surface area contributed by atoms with E-state index in [2.05, 4.69) is 10.5 Å². The molecule has 2 aromatic carbocycles. The monoisotopic (exact) mass is 507 g/mol. The van der Waals surface area contributed by atoms with Crippen molar-refractivity contribution in [2.24, 2.45) is 0 Å². The summed E-state index contributed by atoms with van der Waals surface area (Å²) in [5.74, 6) is -0.987. The maximum Gasteiger partial charge on any atom is 0.261 e. The summed E-state index contributed by atoms with van der Waals surface area (Å²) in [6, 6.07) is 8.46. The van der Waals surface area contributed by atoms with Crippen LogP contribution in [-0.2, 0) is 10.0 Å². The molecule has 0 unspecified atom stereocenters. The lowest BCUT2D eigenvalue weighted by atomic mass is 10.0. The number of nitrogens with zero attached hydrogens (tertiary/aromatic N) is 2. The second-order valence-electron chi connectivity index (χ2n) is 7.84. The fraction of sp³-hybridized carbons (Fsp3) is 0.304. The van der Waals surface area contributed by atoms with Crippen molar-refractivity contribution in [2.75, 3.05) is 25.5 Å². The molecule has 0 spiro atoms. The number of hydrogen-bond donors (Lipinski definition) is 1. The highest BCUT2D eigenvalue weighted by Crippen LogP contribution is 2.35. The number of aryl methyl sites for hydroxylation is 1. The number of sulfonamides is 1. The van der Waals surface area contributed by atoms with Crippen LogP contribution >= 0.6 is 11.6 Å². The van der Waals surface area contributed by atoms with Crippen LogP contribution in [-0.4, -0.2) is 44.0 Å². The van der Waals surface area contributed by atoms with Crippen LogP contribution in [0.1, 0.15) is 35.4 Å². The first-order chi connectivity index (χ1) is 16.2. The van der Waals surface area contributed by atoms with Gasteiger partial charge in [-0.25, -0.2) is 12.8 Å². The fourth-order valence-corrected chi connectivity index (χ4v) is 5.88. The molecular formula is C23H23ClFN3O5S. The van der Waals surface area contributed by atoms with Gasteiger partial charge in [0.15, 0.2) is 0 Å². The molecule has 3 aromatic rings. The zero-order valence-electron chi connectivity index (χ0n) is 18.6. The number of piperidine rings is 1. The smallest absolute Gasteiger partial charge is 0.261 e. The minimum absolute atomic E-state index is 0.0109. The molecule has 0 atom stereocenters. The Morgan fingerprint density at radius 1 is 1.21 bits per heavy atom. The number of benzene rings is 2. The van der Waals surface area contributed by atoms with Gasteiger partial charge < -0.3 is 14.6 Å². The molecule has 1 saturated heterocycles. The molecule has 1 amide bonds. The highest BCUT2D eigenvalue weighted by molar-refractivity contribution is 7.89. The summed E-state index contributed by atoms with van der Waals surface area (Å²) in [6.45, 7) is 2.36. The summed E-state index contributed by atoms with van der Waals surface area (Å²) in [5.41, 5.74) is 0.0952. The molecule has 1 fully saturated rings. The van der Waals surface area contributed by atoms with Gasteiger partial charge in [0.25, 0.3) is 5.91 Å². The van der Waals surface area contributed by atoms with E-state index < -0.39 is 21.7 Å². The van der Waals surface area contributed by atoms with Crippen molar-refractivity contribution in [3.63, 3.8) is 0 Å². The zero-order valence-corrected chi connectivity index (χ0v) is 20.2. The number of anilines is 1. The maximum absolute atomic E-state index is 14.5. The topological polar surface area (TPSA) is 102 Å². The van der Waals surface area contributed by atoms with Crippen LogP contribution in [0.3, 0.4) is 0 Å². The van der Waals surface area contributed by atoms with Gasteiger partial charge in [0, 0.05) is 18.8 Å². The summed E-state index contributed by atoms with van der Waals surface area (Å²) in [4.78, 5) is 13.1. The average molecular weight is 508 g/mol. The van der Waals surface area contributed by atoms with Crippen LogP contribution in [0.15, 0.2) is 45.8 Å². The predicted octanol–water partition coefficient (Wildman–Crippen LogP) is 4.88. The first kappa shape index (κ1) is 24.2. The number of amides is 1. The Labute approximate surface area is 201 Å². The molecule has 1 N–H and O–H groups in total. The molecule has 0 saturated carbocycles. The van der Waals surface area contributed by atoms with Gasteiger partial charge >= 0.3 is 0 Å². The number of rotatable bonds is 6. The first-order valence-electron chi connectivity index (χ1n) is 10.6. The molecule has 34 heavy (non-hydrogen) atoms. The second kappa shape index (κ2) is 9.73. The summed E-state index contributed by atoms with van der Waals surface area (Å²) in [6.07, 6.45) is 2.55. The van der Waals surface area contributed by atoms with E-state index in [1.807, 2.05) is 0 Å². The predicted molar refractivity (Wildman–Crippen MR) is 125 cm³/mol. The number of hydrogen-bond acceptors (Lipinski definition) is 6. The highest BCUT2D eigenvalue weighted by atomic mass is 35.5. The largest absolute Gasteiger partial charge is 0.495 e. The Morgan fingerprint density at radius 2 is 1.94 bits per heavy atom. The Hall–Kier alpha value is -2.95. The van der Waals surface area contributed by atoms with Gasteiger partial charge in [0.1, 0.15) is 33.5 Å². The molecule has 2 heterocycles. The quantitative estimate of drug-likeness (QED) is 0.510. The first-order valence-corrected chi connectivity index (χ1v) is 12.5. The van der Waals surface area contributed by atoms with Gasteiger partial charge in [0.05, 0.1) is 17.7 Å². The molecule has 1 aliphatic heterocycles. The summed E-state index contributed by atoms with van der Waals surface area (Å²) in [7, 11) is -2.45. The number of aromatic nitrogens is 1. The second-order valence-corrected chi connectivity index (χ2v) is 10.2. The molecule has 8 nitrogen and oxygen atoms in total. The number of carbonyl (C=O) groups excluding carboxylic acids is 1. The van der Waals surface area contributed by atoms with Crippen LogP contribution < -0.4 is 10.1 Å². The highest BCUT2D eigenvalue weighted by Gasteiger charge is 2.30. The molecule has 4 rings (SSSR count). The molecule has 0 aliphatic carbocycles. The van der Waals surface area contributed by atoms with E-state index in [1.54, 1.807) is 0 Å². The Balaban J connectivity index is 1.69. The third-order valence-electron chi connectivity index (χ3n) is 5.64. The van der Waals surface area contributed by atoms with Crippen LogP contribution in [0.2, 0.25) is 5.02 Å². The van der Waals surface area contributed by atoms with E-state index in [1.165, 1.54) is 54.7 Å². The molecule has 0 bridgehead atoms. The number of ether oxygens (including phenoxy) is 1. The SMILES string of the molecule is COc1ccc(NC(=O)c2c(-c3c(F)cccc3Cl)noc2C)cc1S(=O)(=O)N1CCCCC1. The van der Waals surface area contributed by atoms with Crippen molar-refractivity contribution in [2.45, 2.75) is 31.1 Å². The average Bonchev–Trinajstić information content (AvgIpc) is 3.20. The van der Waals surface area contributed by atoms with E-state index in [9.17, 15) is 17.6 Å². The number of carbonyl (C=O) groups is 1. The van der Waals surface area contributed by atoms with Gasteiger partial charge in [-0.15, -0.1) is 0 Å². The molecule has 180 valence electrons. The van der Waals surface area contributed by atoms with Gasteiger partial charge in [-0.05, 0) is 50.1 Å². The third kappa shape index (κ3) is 4.53.